The standard InChI is InChI=1S/C18H19F3O/c1-3-5-12-6-8-14(18(21)17(12)20)13-7-9-16(15(19)11-13)22-10-4-2/h6-9,11H,3-5,10H2,1-2H3. The lowest BCUT2D eigenvalue weighted by molar-refractivity contribution is 0.301. The van der Waals surface area contributed by atoms with Gasteiger partial charge < -0.3 is 4.74 Å². The van der Waals surface area contributed by atoms with Gasteiger partial charge in [-0.15, -0.1) is 0 Å². The zero-order valence-electron chi connectivity index (χ0n) is 12.8. The van der Waals surface area contributed by atoms with Crippen LogP contribution in [0.3, 0.4) is 0 Å². The Morgan fingerprint density at radius 2 is 1.68 bits per heavy atom. The lowest BCUT2D eigenvalue weighted by Gasteiger charge is -2.10. The molecule has 0 radical (unpaired) electrons. The third kappa shape index (κ3) is 3.43. The van der Waals surface area contributed by atoms with Gasteiger partial charge >= 0.3 is 0 Å². The van der Waals surface area contributed by atoms with Gasteiger partial charge in [-0.3, -0.25) is 0 Å². The maximum absolute atomic E-state index is 14.2. The molecule has 2 aromatic rings. The van der Waals surface area contributed by atoms with Crippen LogP contribution in [0.1, 0.15) is 32.3 Å². The predicted molar refractivity (Wildman–Crippen MR) is 81.5 cm³/mol. The minimum Gasteiger partial charge on any atom is -0.491 e. The van der Waals surface area contributed by atoms with E-state index in [1.54, 1.807) is 6.07 Å². The van der Waals surface area contributed by atoms with Crippen molar-refractivity contribution in [1.82, 2.24) is 0 Å². The molecule has 0 aliphatic heterocycles. The molecule has 0 saturated carbocycles. The molecule has 4 heteroatoms. The van der Waals surface area contributed by atoms with Gasteiger partial charge in [0, 0.05) is 5.56 Å². The smallest absolute Gasteiger partial charge is 0.166 e. The molecule has 0 fully saturated rings. The largest absolute Gasteiger partial charge is 0.491 e. The molecule has 1 nitrogen and oxygen atoms in total. The van der Waals surface area contributed by atoms with E-state index in [2.05, 4.69) is 0 Å². The van der Waals surface area contributed by atoms with Crippen LogP contribution in [-0.4, -0.2) is 6.61 Å². The molecular weight excluding hydrogens is 289 g/mol. The first-order valence-corrected chi connectivity index (χ1v) is 7.48. The topological polar surface area (TPSA) is 9.23 Å². The van der Waals surface area contributed by atoms with Gasteiger partial charge in [0.2, 0.25) is 0 Å². The normalized spacial score (nSPS) is 10.8. The molecule has 0 aliphatic rings. The minimum absolute atomic E-state index is 0.0540. The Hall–Kier alpha value is -1.97. The number of benzene rings is 2. The second-order valence-corrected chi connectivity index (χ2v) is 5.14. The summed E-state index contributed by atoms with van der Waals surface area (Å²) in [4.78, 5) is 0. The number of rotatable bonds is 6. The Kier molecular flexibility index (Phi) is 5.47. The number of hydrogen-bond acceptors (Lipinski definition) is 1. The van der Waals surface area contributed by atoms with Gasteiger partial charge in [-0.25, -0.2) is 13.2 Å². The molecule has 0 unspecified atom stereocenters. The van der Waals surface area contributed by atoms with Crippen molar-refractivity contribution >= 4 is 0 Å². The first kappa shape index (κ1) is 16.4. The maximum atomic E-state index is 14.2. The Labute approximate surface area is 128 Å². The van der Waals surface area contributed by atoms with Crippen LogP contribution in [0.25, 0.3) is 11.1 Å². The summed E-state index contributed by atoms with van der Waals surface area (Å²) in [5.41, 5.74) is 0.686. The maximum Gasteiger partial charge on any atom is 0.166 e. The zero-order chi connectivity index (χ0) is 16.1. The molecule has 0 heterocycles. The first-order valence-electron chi connectivity index (χ1n) is 7.48. The third-order valence-corrected chi connectivity index (χ3v) is 3.39. The van der Waals surface area contributed by atoms with Crippen LogP contribution in [0.2, 0.25) is 0 Å². The number of aryl methyl sites for hydroxylation is 1. The Balaban J connectivity index is 2.36. The number of hydrogen-bond donors (Lipinski definition) is 0. The van der Waals surface area contributed by atoms with E-state index in [1.165, 1.54) is 24.3 Å². The van der Waals surface area contributed by atoms with E-state index in [-0.39, 0.29) is 11.3 Å². The van der Waals surface area contributed by atoms with Gasteiger partial charge in [-0.2, -0.15) is 0 Å². The van der Waals surface area contributed by atoms with E-state index in [9.17, 15) is 13.2 Å². The summed E-state index contributed by atoms with van der Waals surface area (Å²) in [5.74, 6) is -2.25. The van der Waals surface area contributed by atoms with E-state index in [1.807, 2.05) is 13.8 Å². The predicted octanol–water partition coefficient (Wildman–Crippen LogP) is 5.51. The van der Waals surface area contributed by atoms with Crippen molar-refractivity contribution < 1.29 is 17.9 Å². The SMILES string of the molecule is CCCOc1ccc(-c2ccc(CCC)c(F)c2F)cc1F. The molecule has 118 valence electrons. The number of halogens is 3. The van der Waals surface area contributed by atoms with Crippen LogP contribution < -0.4 is 4.74 Å². The number of ether oxygens (including phenoxy) is 1. The fourth-order valence-corrected chi connectivity index (χ4v) is 2.27. The van der Waals surface area contributed by atoms with Gasteiger partial charge in [-0.1, -0.05) is 38.5 Å². The molecule has 2 rings (SSSR count). The van der Waals surface area contributed by atoms with Crippen LogP contribution in [0, 0.1) is 17.5 Å². The Morgan fingerprint density at radius 3 is 2.32 bits per heavy atom. The molecule has 22 heavy (non-hydrogen) atoms. The summed E-state index contributed by atoms with van der Waals surface area (Å²) < 4.78 is 47.4. The average Bonchev–Trinajstić information content (AvgIpc) is 2.51. The van der Waals surface area contributed by atoms with Gasteiger partial charge in [-0.05, 0) is 36.1 Å². The molecule has 0 N–H and O–H groups in total. The molecule has 0 aliphatic carbocycles. The Morgan fingerprint density at radius 1 is 0.909 bits per heavy atom. The van der Waals surface area contributed by atoms with Crippen LogP contribution >= 0.6 is 0 Å². The molecule has 0 aromatic heterocycles. The second-order valence-electron chi connectivity index (χ2n) is 5.14. The highest BCUT2D eigenvalue weighted by molar-refractivity contribution is 5.65. The van der Waals surface area contributed by atoms with Crippen molar-refractivity contribution in [2.24, 2.45) is 0 Å². The van der Waals surface area contributed by atoms with Crippen molar-refractivity contribution in [1.29, 1.82) is 0 Å². The summed E-state index contributed by atoms with van der Waals surface area (Å²) in [7, 11) is 0. The molecule has 0 saturated heterocycles. The van der Waals surface area contributed by atoms with Crippen molar-refractivity contribution in [3.63, 3.8) is 0 Å². The van der Waals surface area contributed by atoms with Crippen molar-refractivity contribution in [2.75, 3.05) is 6.61 Å². The first-order chi connectivity index (χ1) is 10.6. The lowest BCUT2D eigenvalue weighted by atomic mass is 10.0. The van der Waals surface area contributed by atoms with Crippen LogP contribution in [0.4, 0.5) is 13.2 Å². The van der Waals surface area contributed by atoms with E-state index >= 15 is 0 Å². The molecule has 0 atom stereocenters. The van der Waals surface area contributed by atoms with Gasteiger partial charge in [0.1, 0.15) is 0 Å². The van der Waals surface area contributed by atoms with Crippen LogP contribution in [0.5, 0.6) is 5.75 Å². The van der Waals surface area contributed by atoms with E-state index < -0.39 is 17.5 Å². The fourth-order valence-electron chi connectivity index (χ4n) is 2.27. The van der Waals surface area contributed by atoms with Crippen molar-refractivity contribution in [3.8, 4) is 16.9 Å². The quantitative estimate of drug-likeness (QED) is 0.683. The summed E-state index contributed by atoms with van der Waals surface area (Å²) in [5, 5.41) is 0. The summed E-state index contributed by atoms with van der Waals surface area (Å²) >= 11 is 0. The summed E-state index contributed by atoms with van der Waals surface area (Å²) in [6.45, 7) is 4.23. The lowest BCUT2D eigenvalue weighted by Crippen LogP contribution is -1.99. The van der Waals surface area contributed by atoms with Crippen molar-refractivity contribution in [3.05, 3.63) is 53.3 Å². The average molecular weight is 308 g/mol. The zero-order valence-corrected chi connectivity index (χ0v) is 12.8. The van der Waals surface area contributed by atoms with Gasteiger partial charge in [0.25, 0.3) is 0 Å². The van der Waals surface area contributed by atoms with Crippen LogP contribution in [0.15, 0.2) is 30.3 Å². The monoisotopic (exact) mass is 308 g/mol. The van der Waals surface area contributed by atoms with Gasteiger partial charge in [0.15, 0.2) is 23.2 Å². The highest BCUT2D eigenvalue weighted by Crippen LogP contribution is 2.30. The highest BCUT2D eigenvalue weighted by Gasteiger charge is 2.15. The summed E-state index contributed by atoms with van der Waals surface area (Å²) in [6, 6.07) is 7.19. The molecule has 0 bridgehead atoms. The molecular formula is C18H19F3O. The summed E-state index contributed by atoms with van der Waals surface area (Å²) in [6.07, 6.45) is 1.97. The molecule has 0 spiro atoms. The van der Waals surface area contributed by atoms with E-state index in [4.69, 9.17) is 4.74 Å². The second kappa shape index (κ2) is 7.34. The van der Waals surface area contributed by atoms with E-state index in [0.717, 1.165) is 12.8 Å². The molecule has 2 aromatic carbocycles. The van der Waals surface area contributed by atoms with Crippen LogP contribution in [-0.2, 0) is 6.42 Å². The fraction of sp³-hybridized carbons (Fsp3) is 0.333. The Bertz CT molecular complexity index is 653. The minimum atomic E-state index is -0.937. The highest BCUT2D eigenvalue weighted by atomic mass is 19.2. The van der Waals surface area contributed by atoms with E-state index in [0.29, 0.717) is 24.2 Å². The van der Waals surface area contributed by atoms with Gasteiger partial charge in [0.05, 0.1) is 6.61 Å². The third-order valence-electron chi connectivity index (χ3n) is 3.39. The molecule has 0 amide bonds. The van der Waals surface area contributed by atoms with Crippen molar-refractivity contribution in [2.45, 2.75) is 33.1 Å².